The molecule has 162 valence electrons. The first kappa shape index (κ1) is 20.3. The van der Waals surface area contributed by atoms with Crippen molar-refractivity contribution < 1.29 is 4.79 Å². The molecule has 0 spiro atoms. The van der Waals surface area contributed by atoms with Gasteiger partial charge >= 0.3 is 0 Å². The molecule has 2 aliphatic carbocycles. The molecular weight excluding hydrogens is 382 g/mol. The van der Waals surface area contributed by atoms with Crippen molar-refractivity contribution >= 4 is 22.5 Å². The molecule has 5 rings (SSSR count). The van der Waals surface area contributed by atoms with Crippen molar-refractivity contribution in [1.29, 1.82) is 0 Å². The van der Waals surface area contributed by atoms with Crippen molar-refractivity contribution in [3.63, 3.8) is 0 Å². The Morgan fingerprint density at radius 2 is 1.97 bits per heavy atom. The number of nitrogens with zero attached hydrogens (tertiary/aromatic N) is 1. The van der Waals surface area contributed by atoms with Crippen LogP contribution in [-0.4, -0.2) is 35.4 Å². The van der Waals surface area contributed by atoms with Crippen LogP contribution in [0.5, 0.6) is 0 Å². The Bertz CT molecular complexity index is 1040. The number of nitrogens with one attached hydrogen (secondary N) is 2. The highest BCUT2D eigenvalue weighted by atomic mass is 16.2. The van der Waals surface area contributed by atoms with E-state index in [0.29, 0.717) is 5.92 Å². The fourth-order valence-corrected chi connectivity index (χ4v) is 4.81. The van der Waals surface area contributed by atoms with E-state index < -0.39 is 0 Å². The number of fused-ring (bicyclic) bond motifs is 1. The number of aromatic amines is 1. The first-order valence-electron chi connectivity index (χ1n) is 11.9. The van der Waals surface area contributed by atoms with Crippen LogP contribution in [0.3, 0.4) is 0 Å². The lowest BCUT2D eigenvalue weighted by atomic mass is 10.1. The molecule has 4 heteroatoms. The maximum atomic E-state index is 12.8. The number of rotatable bonds is 10. The zero-order valence-electron chi connectivity index (χ0n) is 18.4. The Labute approximate surface area is 185 Å². The second-order valence-electron chi connectivity index (χ2n) is 9.42. The molecule has 2 saturated carbocycles. The molecule has 31 heavy (non-hydrogen) atoms. The molecular formula is C27H33N3O. The van der Waals surface area contributed by atoms with Gasteiger partial charge in [-0.05, 0) is 79.8 Å². The number of hydrogen-bond donors (Lipinski definition) is 2. The summed E-state index contributed by atoms with van der Waals surface area (Å²) < 4.78 is 0. The van der Waals surface area contributed by atoms with E-state index in [4.69, 9.17) is 0 Å². The van der Waals surface area contributed by atoms with E-state index in [-0.39, 0.29) is 11.8 Å². The summed E-state index contributed by atoms with van der Waals surface area (Å²) in [6.07, 6.45) is 8.15. The summed E-state index contributed by atoms with van der Waals surface area (Å²) in [4.78, 5) is 18.8. The minimum absolute atomic E-state index is 0.0915. The maximum absolute atomic E-state index is 12.8. The fourth-order valence-electron chi connectivity index (χ4n) is 4.81. The number of benzene rings is 2. The maximum Gasteiger partial charge on any atom is 0.228 e. The first-order valence-corrected chi connectivity index (χ1v) is 11.9. The van der Waals surface area contributed by atoms with E-state index in [2.05, 4.69) is 64.7 Å². The Balaban J connectivity index is 1.23. The number of hydrogen-bond acceptors (Lipinski definition) is 2. The van der Waals surface area contributed by atoms with E-state index in [1.54, 1.807) is 0 Å². The van der Waals surface area contributed by atoms with E-state index >= 15 is 0 Å². The largest absolute Gasteiger partial charge is 0.361 e. The number of aromatic nitrogens is 1. The molecule has 0 bridgehead atoms. The second-order valence-corrected chi connectivity index (χ2v) is 9.42. The quantitative estimate of drug-likeness (QED) is 0.454. The van der Waals surface area contributed by atoms with Crippen molar-refractivity contribution in [3.8, 4) is 0 Å². The third-order valence-corrected chi connectivity index (χ3v) is 6.84. The average molecular weight is 416 g/mol. The predicted octanol–water partition coefficient (Wildman–Crippen LogP) is 5.57. The number of anilines is 1. The molecule has 2 N–H and O–H groups in total. The van der Waals surface area contributed by atoms with Gasteiger partial charge in [-0.15, -0.1) is 0 Å². The molecule has 1 aromatic heterocycles. The molecule has 1 heterocycles. The van der Waals surface area contributed by atoms with Crippen LogP contribution in [0.2, 0.25) is 0 Å². The van der Waals surface area contributed by atoms with Crippen LogP contribution in [0.1, 0.15) is 49.7 Å². The molecule has 4 nitrogen and oxygen atoms in total. The van der Waals surface area contributed by atoms with Crippen molar-refractivity contribution in [2.24, 2.45) is 11.8 Å². The van der Waals surface area contributed by atoms with Crippen LogP contribution < -0.4 is 5.32 Å². The summed E-state index contributed by atoms with van der Waals surface area (Å²) in [5.41, 5.74) is 4.66. The van der Waals surface area contributed by atoms with E-state index in [1.165, 1.54) is 48.9 Å². The van der Waals surface area contributed by atoms with Gasteiger partial charge < -0.3 is 15.2 Å². The van der Waals surface area contributed by atoms with Crippen molar-refractivity contribution in [3.05, 3.63) is 65.9 Å². The topological polar surface area (TPSA) is 48.1 Å². The second kappa shape index (κ2) is 8.88. The van der Waals surface area contributed by atoms with Gasteiger partial charge in [0.1, 0.15) is 0 Å². The van der Waals surface area contributed by atoms with Gasteiger partial charge in [0.15, 0.2) is 0 Å². The zero-order chi connectivity index (χ0) is 21.2. The Morgan fingerprint density at radius 1 is 1.13 bits per heavy atom. The normalized spacial score (nSPS) is 20.3. The third kappa shape index (κ3) is 4.85. The summed E-state index contributed by atoms with van der Waals surface area (Å²) in [7, 11) is 0. The monoisotopic (exact) mass is 415 g/mol. The lowest BCUT2D eigenvalue weighted by molar-refractivity contribution is -0.117. The van der Waals surface area contributed by atoms with Crippen LogP contribution in [0, 0.1) is 11.8 Å². The highest BCUT2D eigenvalue weighted by Gasteiger charge is 2.43. The number of carbonyl (C=O) groups excluding carboxylic acids is 1. The Morgan fingerprint density at radius 3 is 2.74 bits per heavy atom. The summed E-state index contributed by atoms with van der Waals surface area (Å²) in [5, 5.41) is 4.40. The Hall–Kier alpha value is -2.59. The van der Waals surface area contributed by atoms with Crippen molar-refractivity contribution in [1.82, 2.24) is 9.88 Å². The molecule has 0 radical (unpaired) electrons. The Kier molecular flexibility index (Phi) is 5.82. The highest BCUT2D eigenvalue weighted by molar-refractivity contribution is 5.97. The SMILES string of the molecule is CCCN(CCc1c[nH]c2ccc(NC(=O)C3C[C@H]3c3ccccc3)cc12)CC1CC1. The zero-order valence-corrected chi connectivity index (χ0v) is 18.4. The van der Waals surface area contributed by atoms with Crippen molar-refractivity contribution in [2.75, 3.05) is 25.0 Å². The third-order valence-electron chi connectivity index (χ3n) is 6.84. The summed E-state index contributed by atoms with van der Waals surface area (Å²) >= 11 is 0. The molecule has 2 aliphatic rings. The van der Waals surface area contributed by atoms with Crippen LogP contribution >= 0.6 is 0 Å². The lowest BCUT2D eigenvalue weighted by Gasteiger charge is -2.21. The molecule has 0 aliphatic heterocycles. The molecule has 1 amide bonds. The molecule has 2 fully saturated rings. The van der Waals surface area contributed by atoms with Crippen molar-refractivity contribution in [2.45, 2.75) is 44.9 Å². The van der Waals surface area contributed by atoms with Gasteiger partial charge in [-0.3, -0.25) is 4.79 Å². The summed E-state index contributed by atoms with van der Waals surface area (Å²) in [6.45, 7) is 5.81. The molecule has 2 atom stereocenters. The lowest BCUT2D eigenvalue weighted by Crippen LogP contribution is -2.29. The summed E-state index contributed by atoms with van der Waals surface area (Å²) in [6, 6.07) is 16.6. The van der Waals surface area contributed by atoms with Gasteiger partial charge in [0.05, 0.1) is 0 Å². The molecule has 0 saturated heterocycles. The van der Waals surface area contributed by atoms with E-state index in [1.807, 2.05) is 12.1 Å². The number of amides is 1. The number of carbonyl (C=O) groups is 1. The predicted molar refractivity (Wildman–Crippen MR) is 127 cm³/mol. The average Bonchev–Trinajstić information content (AvgIpc) is 3.71. The van der Waals surface area contributed by atoms with Gasteiger partial charge in [0, 0.05) is 41.8 Å². The fraction of sp³-hybridized carbons (Fsp3) is 0.444. The number of H-pyrrole nitrogens is 1. The first-order chi connectivity index (χ1) is 15.2. The minimum Gasteiger partial charge on any atom is -0.361 e. The minimum atomic E-state index is 0.0915. The van der Waals surface area contributed by atoms with Gasteiger partial charge in [-0.25, -0.2) is 0 Å². The van der Waals surface area contributed by atoms with Gasteiger partial charge in [0.2, 0.25) is 5.91 Å². The molecule has 3 aromatic rings. The smallest absolute Gasteiger partial charge is 0.228 e. The van der Waals surface area contributed by atoms with Crippen LogP contribution in [0.15, 0.2) is 54.7 Å². The van der Waals surface area contributed by atoms with Gasteiger partial charge in [-0.2, -0.15) is 0 Å². The standard InChI is InChI=1S/C27H33N3O/c1-2-13-30(18-19-8-9-19)14-12-21-17-28-26-11-10-22(15-24(21)26)29-27(31)25-16-23(25)20-6-4-3-5-7-20/h3-7,10-11,15,17,19,23,25,28H,2,8-9,12-14,16,18H2,1H3,(H,29,31)/t23-,25?/m0/s1. The van der Waals surface area contributed by atoms with Gasteiger partial charge in [-0.1, -0.05) is 37.3 Å². The van der Waals surface area contributed by atoms with Crippen LogP contribution in [0.4, 0.5) is 5.69 Å². The van der Waals surface area contributed by atoms with Gasteiger partial charge in [0.25, 0.3) is 0 Å². The summed E-state index contributed by atoms with van der Waals surface area (Å²) in [5.74, 6) is 1.53. The van der Waals surface area contributed by atoms with Crippen LogP contribution in [-0.2, 0) is 11.2 Å². The molecule has 2 aromatic carbocycles. The van der Waals surface area contributed by atoms with E-state index in [9.17, 15) is 4.79 Å². The molecule has 1 unspecified atom stereocenters. The van der Waals surface area contributed by atoms with E-state index in [0.717, 1.165) is 36.5 Å². The van der Waals surface area contributed by atoms with Crippen LogP contribution in [0.25, 0.3) is 10.9 Å². The highest BCUT2D eigenvalue weighted by Crippen LogP contribution is 2.47.